The number of nitrogens with one attached hydrogen (secondary N) is 1. The minimum absolute atomic E-state index is 0.239. The fraction of sp³-hybridized carbons (Fsp3) is 0.471. The third-order valence-corrected chi connectivity index (χ3v) is 4.15. The predicted octanol–water partition coefficient (Wildman–Crippen LogP) is 2.81. The van der Waals surface area contributed by atoms with Gasteiger partial charge in [0.2, 0.25) is 0 Å². The molecule has 6 nitrogen and oxygen atoms in total. The molecule has 0 fully saturated rings. The molecule has 0 aliphatic carbocycles. The van der Waals surface area contributed by atoms with Crippen molar-refractivity contribution in [3.63, 3.8) is 0 Å². The predicted molar refractivity (Wildman–Crippen MR) is 88.6 cm³/mol. The quantitative estimate of drug-likeness (QED) is 0.879. The Morgan fingerprint density at radius 3 is 2.96 bits per heavy atom. The molecule has 3 rings (SSSR count). The lowest BCUT2D eigenvalue weighted by Crippen LogP contribution is -2.35. The Morgan fingerprint density at radius 1 is 1.39 bits per heavy atom. The molecular weight excluding hydrogens is 292 g/mol. The number of hydrogen-bond acceptors (Lipinski definition) is 5. The van der Waals surface area contributed by atoms with E-state index in [1.807, 2.05) is 6.07 Å². The van der Waals surface area contributed by atoms with Gasteiger partial charge < -0.3 is 9.64 Å². The molecule has 0 saturated heterocycles. The Bertz CT molecular complexity index is 708. The minimum atomic E-state index is -0.447. The molecule has 1 aliphatic rings. The zero-order valence-electron chi connectivity index (χ0n) is 13.8. The van der Waals surface area contributed by atoms with Crippen molar-refractivity contribution in [3.8, 4) is 11.3 Å². The number of benzene rings is 1. The van der Waals surface area contributed by atoms with Crippen LogP contribution < -0.4 is 4.90 Å². The first-order valence-corrected chi connectivity index (χ1v) is 8.09. The van der Waals surface area contributed by atoms with Gasteiger partial charge >= 0.3 is 5.97 Å². The van der Waals surface area contributed by atoms with Gasteiger partial charge in [-0.1, -0.05) is 6.07 Å². The maximum atomic E-state index is 12.0. The molecule has 0 atom stereocenters. The van der Waals surface area contributed by atoms with Gasteiger partial charge in [0.25, 0.3) is 0 Å². The van der Waals surface area contributed by atoms with Crippen molar-refractivity contribution >= 4 is 11.7 Å². The molecule has 0 saturated carbocycles. The van der Waals surface area contributed by atoms with E-state index in [0.717, 1.165) is 24.9 Å². The lowest BCUT2D eigenvalue weighted by Gasteiger charge is -2.34. The number of esters is 1. The summed E-state index contributed by atoms with van der Waals surface area (Å²) >= 11 is 0. The standard InChI is InChI=1S/C17H22N4O2/c1-4-23-17(22)16-15(18-20-19-16)13-7-8-14-12(10-13)6-5-9-21(14)11(2)3/h7-8,10-11H,4-6,9H2,1-3H3,(H,18,19,20). The molecule has 122 valence electrons. The topological polar surface area (TPSA) is 71.1 Å². The van der Waals surface area contributed by atoms with Crippen molar-refractivity contribution in [2.75, 3.05) is 18.1 Å². The summed E-state index contributed by atoms with van der Waals surface area (Å²) in [4.78, 5) is 14.4. The Labute approximate surface area is 135 Å². The summed E-state index contributed by atoms with van der Waals surface area (Å²) in [5, 5.41) is 10.6. The van der Waals surface area contributed by atoms with Gasteiger partial charge in [0, 0.05) is 23.8 Å². The number of hydrogen-bond donors (Lipinski definition) is 1. The van der Waals surface area contributed by atoms with E-state index in [0.29, 0.717) is 18.3 Å². The summed E-state index contributed by atoms with van der Waals surface area (Å²) in [7, 11) is 0. The van der Waals surface area contributed by atoms with E-state index in [-0.39, 0.29) is 5.69 Å². The lowest BCUT2D eigenvalue weighted by molar-refractivity contribution is 0.0520. The van der Waals surface area contributed by atoms with Crippen molar-refractivity contribution in [3.05, 3.63) is 29.5 Å². The van der Waals surface area contributed by atoms with E-state index in [1.165, 1.54) is 11.3 Å². The average Bonchev–Trinajstić information content (AvgIpc) is 3.03. The Balaban J connectivity index is 1.97. The molecule has 1 N–H and O–H groups in total. The van der Waals surface area contributed by atoms with E-state index in [4.69, 9.17) is 4.74 Å². The molecule has 0 amide bonds. The molecule has 0 unspecified atom stereocenters. The molecule has 1 aromatic heterocycles. The van der Waals surface area contributed by atoms with Crippen molar-refractivity contribution in [1.82, 2.24) is 15.4 Å². The summed E-state index contributed by atoms with van der Waals surface area (Å²) in [6.07, 6.45) is 2.18. The average molecular weight is 314 g/mol. The van der Waals surface area contributed by atoms with Crippen LogP contribution in [-0.2, 0) is 11.2 Å². The van der Waals surface area contributed by atoms with Gasteiger partial charge in [-0.3, -0.25) is 0 Å². The molecular formula is C17H22N4O2. The number of anilines is 1. The van der Waals surface area contributed by atoms with E-state index >= 15 is 0 Å². The largest absolute Gasteiger partial charge is 0.461 e. The fourth-order valence-corrected chi connectivity index (χ4v) is 3.08. The second-order valence-corrected chi connectivity index (χ2v) is 5.98. The zero-order chi connectivity index (χ0) is 16.4. The van der Waals surface area contributed by atoms with Gasteiger partial charge in [-0.2, -0.15) is 10.3 Å². The zero-order valence-corrected chi connectivity index (χ0v) is 13.8. The monoisotopic (exact) mass is 314 g/mol. The first-order chi connectivity index (χ1) is 11.1. The number of H-pyrrole nitrogens is 1. The number of aromatic nitrogens is 3. The fourth-order valence-electron chi connectivity index (χ4n) is 3.08. The Morgan fingerprint density at radius 2 is 2.22 bits per heavy atom. The maximum absolute atomic E-state index is 12.0. The van der Waals surface area contributed by atoms with Crippen molar-refractivity contribution in [2.45, 2.75) is 39.7 Å². The number of carbonyl (C=O) groups is 1. The molecule has 2 heterocycles. The summed E-state index contributed by atoms with van der Waals surface area (Å²) in [6, 6.07) is 6.71. The highest BCUT2D eigenvalue weighted by Gasteiger charge is 2.23. The van der Waals surface area contributed by atoms with Crippen LogP contribution in [0.25, 0.3) is 11.3 Å². The smallest absolute Gasteiger partial charge is 0.361 e. The highest BCUT2D eigenvalue weighted by atomic mass is 16.5. The normalized spacial score (nSPS) is 14.0. The summed E-state index contributed by atoms with van der Waals surface area (Å²) < 4.78 is 5.04. The number of carbonyl (C=O) groups excluding carboxylic acids is 1. The molecule has 1 aliphatic heterocycles. The molecule has 0 radical (unpaired) electrons. The highest BCUT2D eigenvalue weighted by Crippen LogP contribution is 2.32. The van der Waals surface area contributed by atoms with Crippen LogP contribution in [0.4, 0.5) is 5.69 Å². The van der Waals surface area contributed by atoms with E-state index in [1.54, 1.807) is 6.92 Å². The number of nitrogens with zero attached hydrogens (tertiary/aromatic N) is 3. The van der Waals surface area contributed by atoms with Gasteiger partial charge in [-0.15, -0.1) is 5.10 Å². The SMILES string of the molecule is CCOC(=O)c1n[nH]nc1-c1ccc2c(c1)CCCN2C(C)C. The Kier molecular flexibility index (Phi) is 4.32. The number of ether oxygens (including phenoxy) is 1. The van der Waals surface area contributed by atoms with E-state index in [2.05, 4.69) is 46.3 Å². The highest BCUT2D eigenvalue weighted by molar-refractivity contribution is 5.94. The van der Waals surface area contributed by atoms with Crippen LogP contribution in [0.2, 0.25) is 0 Å². The first-order valence-electron chi connectivity index (χ1n) is 8.09. The van der Waals surface area contributed by atoms with Gasteiger partial charge in [-0.25, -0.2) is 4.79 Å². The van der Waals surface area contributed by atoms with Crippen LogP contribution in [0.15, 0.2) is 18.2 Å². The van der Waals surface area contributed by atoms with E-state index < -0.39 is 5.97 Å². The molecule has 0 spiro atoms. The molecule has 1 aromatic carbocycles. The molecule has 6 heteroatoms. The van der Waals surface area contributed by atoms with Gasteiger partial charge in [-0.05, 0) is 51.3 Å². The number of fused-ring (bicyclic) bond motifs is 1. The van der Waals surface area contributed by atoms with Crippen LogP contribution in [0, 0.1) is 0 Å². The summed E-state index contributed by atoms with van der Waals surface area (Å²) in [5.41, 5.74) is 4.25. The minimum Gasteiger partial charge on any atom is -0.461 e. The third kappa shape index (κ3) is 2.93. The summed E-state index contributed by atoms with van der Waals surface area (Å²) in [5.74, 6) is -0.447. The first kappa shape index (κ1) is 15.5. The number of aryl methyl sites for hydroxylation is 1. The maximum Gasteiger partial charge on any atom is 0.361 e. The second-order valence-electron chi connectivity index (χ2n) is 5.98. The van der Waals surface area contributed by atoms with Gasteiger partial charge in [0.15, 0.2) is 5.69 Å². The third-order valence-electron chi connectivity index (χ3n) is 4.15. The van der Waals surface area contributed by atoms with Gasteiger partial charge in [0.05, 0.1) is 6.61 Å². The van der Waals surface area contributed by atoms with Crippen LogP contribution in [0.3, 0.4) is 0 Å². The summed E-state index contributed by atoms with van der Waals surface area (Å²) in [6.45, 7) is 7.59. The van der Waals surface area contributed by atoms with Crippen LogP contribution in [-0.4, -0.2) is 40.6 Å². The van der Waals surface area contributed by atoms with Gasteiger partial charge in [0.1, 0.15) is 5.69 Å². The molecule has 2 aromatic rings. The van der Waals surface area contributed by atoms with Crippen LogP contribution >= 0.6 is 0 Å². The van der Waals surface area contributed by atoms with E-state index in [9.17, 15) is 4.79 Å². The number of aromatic amines is 1. The van der Waals surface area contributed by atoms with Crippen molar-refractivity contribution in [2.24, 2.45) is 0 Å². The van der Waals surface area contributed by atoms with Crippen LogP contribution in [0.1, 0.15) is 43.2 Å². The van der Waals surface area contributed by atoms with Crippen molar-refractivity contribution in [1.29, 1.82) is 0 Å². The van der Waals surface area contributed by atoms with Crippen LogP contribution in [0.5, 0.6) is 0 Å². The van der Waals surface area contributed by atoms with Crippen molar-refractivity contribution < 1.29 is 9.53 Å². The Hall–Kier alpha value is -2.37. The molecule has 23 heavy (non-hydrogen) atoms. The molecule has 0 bridgehead atoms. The second kappa shape index (κ2) is 6.40. The number of rotatable bonds is 4. The lowest BCUT2D eigenvalue weighted by atomic mass is 9.96.